The minimum Gasteiger partial charge on any atom is 0 e. The van der Waals surface area contributed by atoms with E-state index in [2.05, 4.69) is 11.7 Å². The van der Waals surface area contributed by atoms with E-state index in [0.29, 0.717) is 0 Å². The zero-order chi connectivity index (χ0) is 2.71. The summed E-state index contributed by atoms with van der Waals surface area (Å²) in [4.78, 5) is 0. The first-order valence-electron chi connectivity index (χ1n) is 0.349. The van der Waals surface area contributed by atoms with Crippen LogP contribution in [0.1, 0.15) is 0 Å². The molecule has 7 heteroatoms. The Morgan fingerprint density at radius 3 is 1.29 bits per heavy atom. The van der Waals surface area contributed by atoms with Crippen LogP contribution in [0.25, 0.3) is 0 Å². The van der Waals surface area contributed by atoms with Crippen molar-refractivity contribution in [3.8, 4) is 0 Å². The maximum atomic E-state index is 3.71. The SMILES string of the molecule is S[S][Mo].[Co].[Mo].[Ni].[Ni]. The molecular formula is HCoMo2Ni2S2. The van der Waals surface area contributed by atoms with Gasteiger partial charge in [0.1, 0.15) is 0 Å². The van der Waals surface area contributed by atoms with E-state index in [-0.39, 0.29) is 70.8 Å². The van der Waals surface area contributed by atoms with Gasteiger partial charge in [0.15, 0.2) is 0 Å². The van der Waals surface area contributed by atoms with Gasteiger partial charge >= 0.3 is 38.7 Å². The molecule has 1 radical (unpaired) electrons. The first-order valence-corrected chi connectivity index (χ1v) is 4.60. The first-order chi connectivity index (χ1) is 1.41. The zero-order valence-corrected chi connectivity index (χ0v) is 11.4. The van der Waals surface area contributed by atoms with Crippen molar-refractivity contribution in [3.05, 3.63) is 0 Å². The molecule has 0 spiro atoms. The number of hydrogen-bond donors (Lipinski definition) is 1. The van der Waals surface area contributed by atoms with Crippen molar-refractivity contribution in [1.29, 1.82) is 0 Å². The third-order valence-corrected chi connectivity index (χ3v) is 0. The van der Waals surface area contributed by atoms with Gasteiger partial charge in [0.2, 0.25) is 0 Å². The van der Waals surface area contributed by atoms with Crippen molar-refractivity contribution in [2.45, 2.75) is 0 Å². The topological polar surface area (TPSA) is 0 Å². The van der Waals surface area contributed by atoms with Gasteiger partial charge in [-0.05, 0) is 0 Å². The monoisotopic (exact) mass is 436 g/mol. The van der Waals surface area contributed by atoms with Crippen molar-refractivity contribution in [2.75, 3.05) is 0 Å². The number of rotatable bonds is 0. The summed E-state index contributed by atoms with van der Waals surface area (Å²) in [5, 5.41) is 0. The Morgan fingerprint density at radius 2 is 1.29 bits per heavy atom. The molecule has 0 aliphatic rings. The van der Waals surface area contributed by atoms with Gasteiger partial charge < -0.3 is 0 Å². The molecule has 0 bridgehead atoms. The van der Waals surface area contributed by atoms with E-state index in [0.717, 1.165) is 0 Å². The molecule has 0 atom stereocenters. The molecule has 0 fully saturated rings. The first kappa shape index (κ1) is 31.2. The standard InChI is InChI=1S/Co.2Mo.2Ni.H2S2/c;;;;;1-2/h;;;;;1-2H/q;;+1;;;/p-1. The average Bonchev–Trinajstić information content (AvgIpc) is 0.918. The van der Waals surface area contributed by atoms with Crippen LogP contribution in [0.5, 0.6) is 0 Å². The smallest absolute Gasteiger partial charge is 0 e. The molecule has 0 saturated carbocycles. The van der Waals surface area contributed by atoms with Crippen LogP contribution < -0.4 is 0 Å². The Balaban J connectivity index is -0.00000000333. The van der Waals surface area contributed by atoms with E-state index in [9.17, 15) is 0 Å². The maximum absolute atomic E-state index is 3.71. The summed E-state index contributed by atoms with van der Waals surface area (Å²) >= 11 is 5.56. The summed E-state index contributed by atoms with van der Waals surface area (Å²) < 4.78 is 0. The molecule has 0 unspecified atom stereocenters. The van der Waals surface area contributed by atoms with Crippen LogP contribution in [-0.4, -0.2) is 0 Å². The summed E-state index contributed by atoms with van der Waals surface area (Å²) in [7, 11) is 1.45. The quantitative estimate of drug-likeness (QED) is 0.338. The van der Waals surface area contributed by atoms with E-state index in [1.54, 1.807) is 0 Å². The van der Waals surface area contributed by atoms with E-state index < -0.39 is 0 Å². The Morgan fingerprint density at radius 1 is 1.29 bits per heavy atom. The third kappa shape index (κ3) is 43.0. The van der Waals surface area contributed by atoms with E-state index in [1.807, 2.05) is 18.5 Å². The largest absolute Gasteiger partial charge is 0 e. The van der Waals surface area contributed by atoms with E-state index >= 15 is 0 Å². The maximum Gasteiger partial charge on any atom is 0 e. The molecule has 0 aromatic carbocycles. The molecule has 0 nitrogen and oxygen atoms in total. The molecule has 0 N–H and O–H groups in total. The normalized spacial score (nSPS) is 2.43. The molecule has 0 aromatic rings. The molecule has 0 saturated heterocycles. The van der Waals surface area contributed by atoms with Gasteiger partial charge in [0.05, 0.1) is 0 Å². The summed E-state index contributed by atoms with van der Waals surface area (Å²) in [5.74, 6) is 0. The van der Waals surface area contributed by atoms with Gasteiger partial charge in [0.25, 0.3) is 0 Å². The Kier molecular flexibility index (Phi) is 150. The van der Waals surface area contributed by atoms with E-state index in [1.165, 1.54) is 8.50 Å². The Bertz CT molecular complexity index is 13.7. The molecule has 0 rings (SSSR count). The number of thiol groups is 1. The van der Waals surface area contributed by atoms with Crippen molar-refractivity contribution in [2.24, 2.45) is 0 Å². The summed E-state index contributed by atoms with van der Waals surface area (Å²) in [6, 6.07) is 0. The van der Waals surface area contributed by atoms with Crippen LogP contribution in [0, 0.1) is 0 Å². The van der Waals surface area contributed by atoms with Crippen LogP contribution in [0.2, 0.25) is 0 Å². The van der Waals surface area contributed by atoms with Crippen LogP contribution >= 0.6 is 20.2 Å². The van der Waals surface area contributed by atoms with Crippen LogP contribution in [0.15, 0.2) is 0 Å². The van der Waals surface area contributed by atoms with Crippen LogP contribution in [-0.2, 0) is 89.4 Å². The summed E-state index contributed by atoms with van der Waals surface area (Å²) in [6.45, 7) is 0. The molecule has 0 aliphatic carbocycles. The molecule has 7 heavy (non-hydrogen) atoms. The minimum atomic E-state index is 0. The molecule has 0 aliphatic heterocycles. The molecule has 0 heterocycles. The number of hydrogen-bond acceptors (Lipinski definition) is 2. The minimum absolute atomic E-state index is 0. The van der Waals surface area contributed by atoms with Gasteiger partial charge in [-0.2, -0.15) is 0 Å². The zero-order valence-electron chi connectivity index (χ0n) is 2.64. The van der Waals surface area contributed by atoms with Crippen molar-refractivity contribution < 1.29 is 89.4 Å². The summed E-state index contributed by atoms with van der Waals surface area (Å²) in [6.07, 6.45) is 0. The summed E-state index contributed by atoms with van der Waals surface area (Å²) in [5.41, 5.74) is 0. The second-order valence-corrected chi connectivity index (χ2v) is 3.97. The molecule has 0 aromatic heterocycles. The van der Waals surface area contributed by atoms with Gasteiger partial charge in [-0.1, -0.05) is 0 Å². The Labute approximate surface area is 108 Å². The second kappa shape index (κ2) is 33.7. The van der Waals surface area contributed by atoms with Gasteiger partial charge in [-0.15, -0.1) is 0 Å². The van der Waals surface area contributed by atoms with Crippen molar-refractivity contribution in [1.82, 2.24) is 0 Å². The van der Waals surface area contributed by atoms with Crippen LogP contribution in [0.4, 0.5) is 0 Å². The molecule has 0 amide bonds. The fourth-order valence-corrected chi connectivity index (χ4v) is 0. The molecule has 54 valence electrons. The predicted molar refractivity (Wildman–Crippen MR) is 16.6 cm³/mol. The fourth-order valence-electron chi connectivity index (χ4n) is 0. The third-order valence-electron chi connectivity index (χ3n) is 0. The van der Waals surface area contributed by atoms with Gasteiger partial charge in [-0.25, -0.2) is 0 Å². The molecular weight excluding hydrogens is 432 g/mol. The van der Waals surface area contributed by atoms with Gasteiger partial charge in [0, 0.05) is 70.8 Å². The fraction of sp³-hybridized carbons (Fsp3) is 0. The van der Waals surface area contributed by atoms with Crippen molar-refractivity contribution >= 4 is 20.2 Å². The predicted octanol–water partition coefficient (Wildman–Crippen LogP) is 1.02. The van der Waals surface area contributed by atoms with Crippen LogP contribution in [0.3, 0.4) is 0 Å². The Hall–Kier alpha value is 3.57. The second-order valence-electron chi connectivity index (χ2n) is 0.0745. The van der Waals surface area contributed by atoms with Gasteiger partial charge in [-0.3, -0.25) is 0 Å². The average molecular weight is 433 g/mol. The van der Waals surface area contributed by atoms with E-state index in [4.69, 9.17) is 0 Å². The van der Waals surface area contributed by atoms with Crippen molar-refractivity contribution in [3.63, 3.8) is 0 Å².